The van der Waals surface area contributed by atoms with Crippen LogP contribution in [0.15, 0.2) is 18.2 Å². The summed E-state index contributed by atoms with van der Waals surface area (Å²) in [6.45, 7) is 5.93. The second-order valence-corrected chi connectivity index (χ2v) is 5.99. The van der Waals surface area contributed by atoms with Crippen molar-refractivity contribution < 1.29 is 14.7 Å². The van der Waals surface area contributed by atoms with E-state index in [0.29, 0.717) is 18.5 Å². The first-order valence-corrected chi connectivity index (χ1v) is 7.24. The van der Waals surface area contributed by atoms with Gasteiger partial charge in [0.05, 0.1) is 12.1 Å². The molecule has 5 nitrogen and oxygen atoms in total. The maximum absolute atomic E-state index is 12.2. The molecule has 2 amide bonds. The summed E-state index contributed by atoms with van der Waals surface area (Å²) in [6.07, 6.45) is 1.25. The number of hydrogen-bond acceptors (Lipinski definition) is 3. The van der Waals surface area contributed by atoms with Crippen molar-refractivity contribution in [3.63, 3.8) is 0 Å². The van der Waals surface area contributed by atoms with Crippen LogP contribution in [-0.4, -0.2) is 35.6 Å². The van der Waals surface area contributed by atoms with E-state index in [1.165, 1.54) is 0 Å². The highest BCUT2D eigenvalue weighted by atomic mass is 16.3. The van der Waals surface area contributed by atoms with Crippen LogP contribution in [0.4, 0.5) is 5.69 Å². The fourth-order valence-electron chi connectivity index (χ4n) is 2.41. The Labute approximate surface area is 125 Å². The molecule has 1 heterocycles. The molecule has 1 aliphatic heterocycles. The fourth-order valence-corrected chi connectivity index (χ4v) is 2.41. The van der Waals surface area contributed by atoms with Crippen LogP contribution in [0.5, 0.6) is 0 Å². The van der Waals surface area contributed by atoms with Gasteiger partial charge in [-0.25, -0.2) is 0 Å². The average Bonchev–Trinajstić information content (AvgIpc) is 2.89. The number of nitrogens with zero attached hydrogens (tertiary/aromatic N) is 1. The Kier molecular flexibility index (Phi) is 4.32. The summed E-state index contributed by atoms with van der Waals surface area (Å²) in [7, 11) is 0. The van der Waals surface area contributed by atoms with E-state index in [-0.39, 0.29) is 18.4 Å². The summed E-state index contributed by atoms with van der Waals surface area (Å²) in [5.74, 6) is -0.107. The summed E-state index contributed by atoms with van der Waals surface area (Å²) >= 11 is 0. The topological polar surface area (TPSA) is 69.6 Å². The van der Waals surface area contributed by atoms with Crippen molar-refractivity contribution in [3.8, 4) is 0 Å². The molecule has 0 saturated heterocycles. The molecule has 0 spiro atoms. The molecule has 1 aromatic carbocycles. The molecule has 0 aliphatic carbocycles. The number of aliphatic hydroxyl groups excluding tert-OH is 1. The Balaban J connectivity index is 2.20. The molecular weight excluding hydrogens is 268 g/mol. The molecular formula is C16H22N2O3. The Bertz CT molecular complexity index is 567. The minimum Gasteiger partial charge on any atom is -0.394 e. The van der Waals surface area contributed by atoms with Gasteiger partial charge in [-0.1, -0.05) is 6.92 Å². The first-order chi connectivity index (χ1) is 9.88. The van der Waals surface area contributed by atoms with Gasteiger partial charge in [-0.15, -0.1) is 0 Å². The van der Waals surface area contributed by atoms with E-state index >= 15 is 0 Å². The second-order valence-electron chi connectivity index (χ2n) is 5.99. The third kappa shape index (κ3) is 3.24. The van der Waals surface area contributed by atoms with Gasteiger partial charge in [-0.3, -0.25) is 9.59 Å². The molecule has 5 heteroatoms. The number of nitrogens with one attached hydrogen (secondary N) is 1. The number of fused-ring (bicyclic) bond motifs is 1. The quantitative estimate of drug-likeness (QED) is 0.882. The summed E-state index contributed by atoms with van der Waals surface area (Å²) in [6, 6.07) is 5.39. The van der Waals surface area contributed by atoms with Crippen molar-refractivity contribution in [3.05, 3.63) is 29.3 Å². The van der Waals surface area contributed by atoms with Gasteiger partial charge in [0.15, 0.2) is 0 Å². The van der Waals surface area contributed by atoms with E-state index < -0.39 is 5.54 Å². The zero-order valence-corrected chi connectivity index (χ0v) is 12.8. The lowest BCUT2D eigenvalue weighted by molar-refractivity contribution is -0.118. The molecule has 21 heavy (non-hydrogen) atoms. The summed E-state index contributed by atoms with van der Waals surface area (Å²) < 4.78 is 0. The second kappa shape index (κ2) is 5.85. The van der Waals surface area contributed by atoms with Gasteiger partial charge in [0.25, 0.3) is 5.91 Å². The number of amides is 2. The fraction of sp³-hybridized carbons (Fsp3) is 0.500. The van der Waals surface area contributed by atoms with Gasteiger partial charge in [-0.2, -0.15) is 0 Å². The third-order valence-corrected chi connectivity index (χ3v) is 3.69. The minimum atomic E-state index is -0.652. The van der Waals surface area contributed by atoms with Crippen molar-refractivity contribution in [1.29, 1.82) is 0 Å². The van der Waals surface area contributed by atoms with Crippen LogP contribution in [0, 0.1) is 0 Å². The third-order valence-electron chi connectivity index (χ3n) is 3.69. The predicted octanol–water partition coefficient (Wildman–Crippen LogP) is 1.49. The maximum Gasteiger partial charge on any atom is 0.251 e. The standard InChI is InChI=1S/C16H22N2O3/c1-4-14(20)18-8-7-11-9-12(5-6-13(11)18)15(21)17-16(2,3)10-19/h5-6,9,19H,4,7-8,10H2,1-3H3,(H,17,21). The van der Waals surface area contributed by atoms with Crippen LogP contribution in [0.25, 0.3) is 0 Å². The Morgan fingerprint density at radius 2 is 2.10 bits per heavy atom. The molecule has 0 bridgehead atoms. The van der Waals surface area contributed by atoms with E-state index in [0.717, 1.165) is 17.7 Å². The maximum atomic E-state index is 12.2. The molecule has 1 aliphatic rings. The molecule has 1 aromatic rings. The molecule has 0 aromatic heterocycles. The Morgan fingerprint density at radius 1 is 1.38 bits per heavy atom. The summed E-state index contributed by atoms with van der Waals surface area (Å²) in [5, 5.41) is 12.0. The van der Waals surface area contributed by atoms with Crippen LogP contribution < -0.4 is 10.2 Å². The molecule has 114 valence electrons. The predicted molar refractivity (Wildman–Crippen MR) is 81.4 cm³/mol. The van der Waals surface area contributed by atoms with Gasteiger partial charge in [0.2, 0.25) is 5.91 Å². The summed E-state index contributed by atoms with van der Waals surface area (Å²) in [4.78, 5) is 25.8. The van der Waals surface area contributed by atoms with Gasteiger partial charge in [0, 0.05) is 24.2 Å². The summed E-state index contributed by atoms with van der Waals surface area (Å²) in [5.41, 5.74) is 1.83. The van der Waals surface area contributed by atoms with Crippen LogP contribution in [0.3, 0.4) is 0 Å². The smallest absolute Gasteiger partial charge is 0.251 e. The van der Waals surface area contributed by atoms with Crippen LogP contribution in [0.1, 0.15) is 43.1 Å². The number of aliphatic hydroxyl groups is 1. The molecule has 0 radical (unpaired) electrons. The molecule has 2 rings (SSSR count). The number of carbonyl (C=O) groups is 2. The van der Waals surface area contributed by atoms with E-state index in [2.05, 4.69) is 5.32 Å². The number of rotatable bonds is 4. The molecule has 0 fully saturated rings. The molecule has 2 N–H and O–H groups in total. The first kappa shape index (κ1) is 15.5. The van der Waals surface area contributed by atoms with Crippen molar-refractivity contribution >= 4 is 17.5 Å². The highest BCUT2D eigenvalue weighted by molar-refractivity contribution is 5.98. The van der Waals surface area contributed by atoms with Crippen LogP contribution in [-0.2, 0) is 11.2 Å². The molecule has 0 saturated carbocycles. The van der Waals surface area contributed by atoms with Gasteiger partial charge in [-0.05, 0) is 44.0 Å². The SMILES string of the molecule is CCC(=O)N1CCc2cc(C(=O)NC(C)(C)CO)ccc21. The van der Waals surface area contributed by atoms with Crippen LogP contribution >= 0.6 is 0 Å². The minimum absolute atomic E-state index is 0.104. The zero-order chi connectivity index (χ0) is 15.6. The zero-order valence-electron chi connectivity index (χ0n) is 12.8. The van der Waals surface area contributed by atoms with Crippen molar-refractivity contribution in [2.45, 2.75) is 39.2 Å². The lowest BCUT2D eigenvalue weighted by atomic mass is 10.0. The number of hydrogen-bond donors (Lipinski definition) is 2. The molecule has 0 unspecified atom stereocenters. The van der Waals surface area contributed by atoms with E-state index in [9.17, 15) is 14.7 Å². The van der Waals surface area contributed by atoms with E-state index in [1.807, 2.05) is 19.1 Å². The average molecular weight is 290 g/mol. The van der Waals surface area contributed by atoms with Gasteiger partial charge >= 0.3 is 0 Å². The lowest BCUT2D eigenvalue weighted by Gasteiger charge is -2.23. The Morgan fingerprint density at radius 3 is 2.71 bits per heavy atom. The lowest BCUT2D eigenvalue weighted by Crippen LogP contribution is -2.46. The van der Waals surface area contributed by atoms with Crippen molar-refractivity contribution in [1.82, 2.24) is 5.32 Å². The van der Waals surface area contributed by atoms with Gasteiger partial charge < -0.3 is 15.3 Å². The monoisotopic (exact) mass is 290 g/mol. The molecule has 0 atom stereocenters. The van der Waals surface area contributed by atoms with Crippen molar-refractivity contribution in [2.75, 3.05) is 18.1 Å². The number of benzene rings is 1. The highest BCUT2D eigenvalue weighted by Crippen LogP contribution is 2.29. The van der Waals surface area contributed by atoms with E-state index in [4.69, 9.17) is 0 Å². The van der Waals surface area contributed by atoms with E-state index in [1.54, 1.807) is 24.8 Å². The number of carbonyl (C=O) groups excluding carboxylic acids is 2. The highest BCUT2D eigenvalue weighted by Gasteiger charge is 2.25. The number of anilines is 1. The van der Waals surface area contributed by atoms with Gasteiger partial charge in [0.1, 0.15) is 0 Å². The normalized spacial score (nSPS) is 14.0. The largest absolute Gasteiger partial charge is 0.394 e. The first-order valence-electron chi connectivity index (χ1n) is 7.24. The van der Waals surface area contributed by atoms with Crippen LogP contribution in [0.2, 0.25) is 0 Å². The van der Waals surface area contributed by atoms with Crippen molar-refractivity contribution in [2.24, 2.45) is 0 Å². The Hall–Kier alpha value is -1.88.